The Morgan fingerprint density at radius 3 is 2.42 bits per heavy atom. The van der Waals surface area contributed by atoms with Crippen LogP contribution in [0.25, 0.3) is 22.6 Å². The van der Waals surface area contributed by atoms with Gasteiger partial charge in [-0.25, -0.2) is 4.98 Å². The van der Waals surface area contributed by atoms with Crippen LogP contribution in [0.4, 0.5) is 0 Å². The van der Waals surface area contributed by atoms with Crippen LogP contribution in [0.1, 0.15) is 63.3 Å². The predicted molar refractivity (Wildman–Crippen MR) is 157 cm³/mol. The molecule has 38 heavy (non-hydrogen) atoms. The number of benzene rings is 3. The first kappa shape index (κ1) is 27.7. The lowest BCUT2D eigenvalue weighted by Crippen LogP contribution is -2.25. The lowest BCUT2D eigenvalue weighted by Gasteiger charge is -2.23. The summed E-state index contributed by atoms with van der Waals surface area (Å²) >= 11 is 6.47. The molecule has 3 aromatic carbocycles. The van der Waals surface area contributed by atoms with Gasteiger partial charge >= 0.3 is 0 Å². The van der Waals surface area contributed by atoms with Crippen molar-refractivity contribution >= 4 is 11.6 Å². The fourth-order valence-corrected chi connectivity index (χ4v) is 5.05. The summed E-state index contributed by atoms with van der Waals surface area (Å²) in [6.45, 7) is 5.92. The van der Waals surface area contributed by atoms with Crippen molar-refractivity contribution < 1.29 is 9.84 Å². The third-order valence-electron chi connectivity index (χ3n) is 6.87. The van der Waals surface area contributed by atoms with Gasteiger partial charge in [0, 0.05) is 29.2 Å². The van der Waals surface area contributed by atoms with Crippen LogP contribution in [-0.4, -0.2) is 21.8 Å². The molecular weight excluding hydrogens is 494 g/mol. The van der Waals surface area contributed by atoms with E-state index in [0.29, 0.717) is 11.6 Å². The molecule has 0 saturated carbocycles. The Balaban J connectivity index is 1.86. The summed E-state index contributed by atoms with van der Waals surface area (Å²) in [6.07, 6.45) is 5.31. The number of unbranched alkanes of at least 4 members (excludes halogenated alkanes) is 2. The van der Waals surface area contributed by atoms with Crippen molar-refractivity contribution in [1.29, 1.82) is 0 Å². The maximum atomic E-state index is 9.81. The van der Waals surface area contributed by atoms with Crippen LogP contribution in [0.15, 0.2) is 72.8 Å². The van der Waals surface area contributed by atoms with E-state index in [4.69, 9.17) is 21.3 Å². The van der Waals surface area contributed by atoms with E-state index in [1.807, 2.05) is 24.3 Å². The summed E-state index contributed by atoms with van der Waals surface area (Å²) in [7, 11) is 1.70. The number of methoxy groups -OCH3 is 1. The molecule has 0 spiro atoms. The molecule has 0 saturated heterocycles. The zero-order valence-electron chi connectivity index (χ0n) is 22.6. The number of aromatic nitrogens is 2. The molecule has 2 N–H and O–H groups in total. The van der Waals surface area contributed by atoms with E-state index in [0.717, 1.165) is 72.6 Å². The first-order valence-corrected chi connectivity index (χ1v) is 13.9. The maximum absolute atomic E-state index is 9.81. The molecule has 0 amide bonds. The quantitative estimate of drug-likeness (QED) is 0.182. The highest BCUT2D eigenvalue weighted by atomic mass is 35.5. The minimum atomic E-state index is 0.0683. The minimum Gasteiger partial charge on any atom is -0.508 e. The number of phenolic OH excluding ortho intramolecular Hbond substituents is 1. The molecule has 5 nitrogen and oxygen atoms in total. The number of rotatable bonds is 13. The fraction of sp³-hybridized carbons (Fsp3) is 0.344. The molecule has 6 heteroatoms. The summed E-state index contributed by atoms with van der Waals surface area (Å²) in [6, 6.07) is 23.9. The van der Waals surface area contributed by atoms with Gasteiger partial charge in [0.15, 0.2) is 0 Å². The summed E-state index contributed by atoms with van der Waals surface area (Å²) < 4.78 is 7.96. The molecule has 0 aliphatic carbocycles. The van der Waals surface area contributed by atoms with Crippen molar-refractivity contribution in [2.45, 2.75) is 65.1 Å². The molecule has 0 fully saturated rings. The van der Waals surface area contributed by atoms with Crippen LogP contribution in [0.3, 0.4) is 0 Å². The largest absolute Gasteiger partial charge is 0.508 e. The van der Waals surface area contributed by atoms with Gasteiger partial charge in [-0.15, -0.1) is 0 Å². The highest BCUT2D eigenvalue weighted by Crippen LogP contribution is 2.36. The van der Waals surface area contributed by atoms with Gasteiger partial charge in [-0.05, 0) is 42.7 Å². The number of hydrogen-bond donors (Lipinski definition) is 2. The maximum Gasteiger partial charge on any atom is 0.141 e. The fourth-order valence-electron chi connectivity index (χ4n) is 4.81. The van der Waals surface area contributed by atoms with Crippen LogP contribution in [0.5, 0.6) is 11.5 Å². The molecule has 4 rings (SSSR count). The van der Waals surface area contributed by atoms with Crippen LogP contribution < -0.4 is 10.1 Å². The Bertz CT molecular complexity index is 1320. The first-order chi connectivity index (χ1) is 18.5. The molecule has 0 aliphatic rings. The smallest absolute Gasteiger partial charge is 0.141 e. The molecule has 1 heterocycles. The number of imidazole rings is 1. The van der Waals surface area contributed by atoms with E-state index in [9.17, 15) is 5.11 Å². The van der Waals surface area contributed by atoms with Gasteiger partial charge in [-0.1, -0.05) is 93.2 Å². The third kappa shape index (κ3) is 6.58. The molecule has 1 atom stereocenters. The molecule has 4 aromatic rings. The second kappa shape index (κ2) is 13.5. The Kier molecular flexibility index (Phi) is 9.85. The monoisotopic (exact) mass is 531 g/mol. The Hall–Kier alpha value is -3.28. The van der Waals surface area contributed by atoms with Crippen molar-refractivity contribution in [2.75, 3.05) is 7.11 Å². The van der Waals surface area contributed by atoms with Gasteiger partial charge in [0.05, 0.1) is 24.5 Å². The van der Waals surface area contributed by atoms with Gasteiger partial charge < -0.3 is 19.7 Å². The average molecular weight is 532 g/mol. The third-order valence-corrected chi connectivity index (χ3v) is 7.22. The zero-order valence-corrected chi connectivity index (χ0v) is 23.3. The number of phenols is 1. The number of nitrogens with one attached hydrogen (secondary N) is 1. The number of halogens is 1. The van der Waals surface area contributed by atoms with Gasteiger partial charge in [-0.2, -0.15) is 0 Å². The number of hydrogen-bond acceptors (Lipinski definition) is 4. The van der Waals surface area contributed by atoms with Crippen LogP contribution >= 0.6 is 11.6 Å². The number of ether oxygens (including phenoxy) is 1. The van der Waals surface area contributed by atoms with Gasteiger partial charge in [0.1, 0.15) is 17.3 Å². The Morgan fingerprint density at radius 1 is 0.947 bits per heavy atom. The molecule has 1 aromatic heterocycles. The highest BCUT2D eigenvalue weighted by Gasteiger charge is 2.26. The normalized spacial score (nSPS) is 12.0. The molecule has 0 bridgehead atoms. The van der Waals surface area contributed by atoms with E-state index < -0.39 is 0 Å². The molecule has 1 unspecified atom stereocenters. The van der Waals surface area contributed by atoms with Crippen LogP contribution in [-0.2, 0) is 13.1 Å². The summed E-state index contributed by atoms with van der Waals surface area (Å²) in [5.74, 6) is 1.95. The van der Waals surface area contributed by atoms with Crippen molar-refractivity contribution in [2.24, 2.45) is 0 Å². The average Bonchev–Trinajstić information content (AvgIpc) is 3.32. The van der Waals surface area contributed by atoms with Crippen molar-refractivity contribution in [1.82, 2.24) is 14.9 Å². The second-order valence-corrected chi connectivity index (χ2v) is 10.0. The molecule has 0 aliphatic heterocycles. The molecule has 200 valence electrons. The first-order valence-electron chi connectivity index (χ1n) is 13.6. The van der Waals surface area contributed by atoms with E-state index in [2.05, 4.69) is 60.1 Å². The standard InChI is InChI=1S/C32H38ClN3O2/c1-4-6-16-29(34-22-25-17-18-26(37)21-28(25)33)31-30(23-12-9-8-10-13-23)35-32(36(31)19-7-5-2)24-14-11-15-27(20-24)38-3/h8-15,17-18,20-21,29,34,37H,4-7,16,19,22H2,1-3H3. The SMILES string of the molecule is CCCCC(NCc1ccc(O)cc1Cl)c1c(-c2ccccc2)nc(-c2cccc(OC)c2)n1CCCC. The van der Waals surface area contributed by atoms with Gasteiger partial charge in [0.2, 0.25) is 0 Å². The molecular formula is C32H38ClN3O2. The minimum absolute atomic E-state index is 0.0683. The Labute approximate surface area is 231 Å². The van der Waals surface area contributed by atoms with E-state index >= 15 is 0 Å². The second-order valence-electron chi connectivity index (χ2n) is 9.62. The van der Waals surface area contributed by atoms with Crippen molar-refractivity contribution in [3.63, 3.8) is 0 Å². The lowest BCUT2D eigenvalue weighted by molar-refractivity contribution is 0.415. The topological polar surface area (TPSA) is 59.3 Å². The summed E-state index contributed by atoms with van der Waals surface area (Å²) in [5, 5.41) is 14.2. The zero-order chi connectivity index (χ0) is 26.9. The van der Waals surface area contributed by atoms with Gasteiger partial charge in [-0.3, -0.25) is 0 Å². The summed E-state index contributed by atoms with van der Waals surface area (Å²) in [5.41, 5.74) is 5.31. The Morgan fingerprint density at radius 2 is 1.71 bits per heavy atom. The van der Waals surface area contributed by atoms with Crippen molar-refractivity contribution in [3.8, 4) is 34.1 Å². The van der Waals surface area contributed by atoms with Crippen LogP contribution in [0, 0.1) is 0 Å². The van der Waals surface area contributed by atoms with E-state index in [1.54, 1.807) is 19.2 Å². The molecule has 0 radical (unpaired) electrons. The summed E-state index contributed by atoms with van der Waals surface area (Å²) in [4.78, 5) is 5.30. The van der Waals surface area contributed by atoms with E-state index in [1.165, 1.54) is 5.69 Å². The lowest BCUT2D eigenvalue weighted by atomic mass is 10.0. The van der Waals surface area contributed by atoms with Crippen LogP contribution in [0.2, 0.25) is 5.02 Å². The highest BCUT2D eigenvalue weighted by molar-refractivity contribution is 6.31. The van der Waals surface area contributed by atoms with Gasteiger partial charge in [0.25, 0.3) is 0 Å². The van der Waals surface area contributed by atoms with E-state index in [-0.39, 0.29) is 11.8 Å². The van der Waals surface area contributed by atoms with Crippen molar-refractivity contribution in [3.05, 3.63) is 89.1 Å². The predicted octanol–water partition coefficient (Wildman–Crippen LogP) is 8.41. The number of aromatic hydroxyl groups is 1. The number of nitrogens with zero attached hydrogens (tertiary/aromatic N) is 2.